The first kappa shape index (κ1) is 10.7. The Morgan fingerprint density at radius 3 is 2.93 bits per heavy atom. The molecule has 1 fully saturated rings. The molecule has 1 N–H and O–H groups in total. The summed E-state index contributed by atoms with van der Waals surface area (Å²) in [5, 5.41) is 3.92. The topological polar surface area (TPSA) is 12.0 Å². The van der Waals surface area contributed by atoms with E-state index in [1.807, 2.05) is 0 Å². The summed E-state index contributed by atoms with van der Waals surface area (Å²) in [5.41, 5.74) is 2.82. The molecular formula is C13H16ClN. The third-order valence-corrected chi connectivity index (χ3v) is 2.78. The van der Waals surface area contributed by atoms with Crippen LogP contribution in [0.3, 0.4) is 0 Å². The van der Waals surface area contributed by atoms with Crippen molar-refractivity contribution in [3.05, 3.63) is 47.0 Å². The first-order valence-electron chi connectivity index (χ1n) is 5.38. The Hall–Kier alpha value is -0.790. The maximum Gasteiger partial charge on any atom is 0.0310 e. The molecule has 0 bridgehead atoms. The monoisotopic (exact) mass is 221 g/mol. The van der Waals surface area contributed by atoms with Crippen LogP contribution in [0, 0.1) is 0 Å². The quantitative estimate of drug-likeness (QED) is 0.804. The molecule has 0 aliphatic heterocycles. The van der Waals surface area contributed by atoms with Crippen molar-refractivity contribution in [2.45, 2.75) is 25.3 Å². The van der Waals surface area contributed by atoms with E-state index >= 15 is 0 Å². The Labute approximate surface area is 96.1 Å². The molecule has 15 heavy (non-hydrogen) atoms. The normalized spacial score (nSPS) is 15.3. The van der Waals surface area contributed by atoms with E-state index in [4.69, 9.17) is 11.6 Å². The summed E-state index contributed by atoms with van der Waals surface area (Å²) in [6.45, 7) is 5.19. The van der Waals surface area contributed by atoms with Crippen LogP contribution in [0.5, 0.6) is 0 Å². The van der Waals surface area contributed by atoms with E-state index < -0.39 is 0 Å². The Bertz CT molecular complexity index is 355. The van der Waals surface area contributed by atoms with Crippen LogP contribution >= 0.6 is 11.6 Å². The fraction of sp³-hybridized carbons (Fsp3) is 0.385. The van der Waals surface area contributed by atoms with E-state index in [2.05, 4.69) is 36.2 Å². The molecule has 0 spiro atoms. The van der Waals surface area contributed by atoms with Crippen LogP contribution in [0.25, 0.3) is 0 Å². The first-order chi connectivity index (χ1) is 7.25. The number of hydrogen-bond acceptors (Lipinski definition) is 1. The molecule has 0 radical (unpaired) electrons. The predicted octanol–water partition coefficient (Wildman–Crippen LogP) is 3.41. The van der Waals surface area contributed by atoms with E-state index in [9.17, 15) is 0 Å². The third-order valence-electron chi connectivity index (χ3n) is 2.65. The molecule has 0 heterocycles. The summed E-state index contributed by atoms with van der Waals surface area (Å²) in [7, 11) is 0. The van der Waals surface area contributed by atoms with Gasteiger partial charge in [0.25, 0.3) is 0 Å². The summed E-state index contributed by atoms with van der Waals surface area (Å²) in [4.78, 5) is 0. The van der Waals surface area contributed by atoms with Gasteiger partial charge in [0, 0.05) is 18.1 Å². The number of rotatable bonds is 5. The first-order valence-corrected chi connectivity index (χ1v) is 5.76. The van der Waals surface area contributed by atoms with Gasteiger partial charge in [0.1, 0.15) is 0 Å². The summed E-state index contributed by atoms with van der Waals surface area (Å²) in [6, 6.07) is 8.80. The van der Waals surface area contributed by atoms with Crippen LogP contribution in [0.15, 0.2) is 35.9 Å². The van der Waals surface area contributed by atoms with E-state index in [1.165, 1.54) is 24.0 Å². The fourth-order valence-corrected chi connectivity index (χ4v) is 1.81. The van der Waals surface area contributed by atoms with Crippen LogP contribution in [0.2, 0.25) is 0 Å². The van der Waals surface area contributed by atoms with Crippen LogP contribution in [-0.4, -0.2) is 6.54 Å². The predicted molar refractivity (Wildman–Crippen MR) is 65.1 cm³/mol. The Balaban J connectivity index is 1.90. The zero-order valence-electron chi connectivity index (χ0n) is 8.80. The lowest BCUT2D eigenvalue weighted by molar-refractivity contribution is 0.754. The maximum absolute atomic E-state index is 5.68. The molecule has 1 aliphatic carbocycles. The van der Waals surface area contributed by atoms with Gasteiger partial charge in [0.05, 0.1) is 0 Å². The third kappa shape index (κ3) is 3.37. The summed E-state index contributed by atoms with van der Waals surface area (Å²) in [5.74, 6) is 0.827. The van der Waals surface area contributed by atoms with Crippen LogP contribution in [0.1, 0.15) is 29.9 Å². The zero-order chi connectivity index (χ0) is 10.7. The van der Waals surface area contributed by atoms with Crippen molar-refractivity contribution < 1.29 is 0 Å². The van der Waals surface area contributed by atoms with E-state index in [0.29, 0.717) is 11.6 Å². The average molecular weight is 222 g/mol. The summed E-state index contributed by atoms with van der Waals surface area (Å²) < 4.78 is 0. The molecule has 80 valence electrons. The van der Waals surface area contributed by atoms with Crippen molar-refractivity contribution >= 4 is 11.6 Å². The Kier molecular flexibility index (Phi) is 3.45. The van der Waals surface area contributed by atoms with Gasteiger partial charge in [-0.1, -0.05) is 42.4 Å². The van der Waals surface area contributed by atoms with Gasteiger partial charge in [-0.2, -0.15) is 0 Å². The highest BCUT2D eigenvalue weighted by Gasteiger charge is 2.23. The van der Waals surface area contributed by atoms with Gasteiger partial charge in [0.2, 0.25) is 0 Å². The van der Waals surface area contributed by atoms with Crippen molar-refractivity contribution in [3.63, 3.8) is 0 Å². The maximum atomic E-state index is 5.68. The molecule has 0 amide bonds. The molecule has 2 heteroatoms. The SMILES string of the molecule is C=C(Cl)CNCc1cccc(C2CC2)c1. The molecule has 1 nitrogen and oxygen atoms in total. The minimum absolute atomic E-state index is 0.661. The molecule has 1 aliphatic rings. The van der Waals surface area contributed by atoms with Crippen molar-refractivity contribution in [1.82, 2.24) is 5.32 Å². The van der Waals surface area contributed by atoms with Gasteiger partial charge in [-0.3, -0.25) is 0 Å². The lowest BCUT2D eigenvalue weighted by Crippen LogP contribution is -2.14. The second kappa shape index (κ2) is 4.82. The number of halogens is 1. The largest absolute Gasteiger partial charge is 0.308 e. The molecule has 0 aromatic heterocycles. The van der Waals surface area contributed by atoms with Crippen LogP contribution < -0.4 is 5.32 Å². The van der Waals surface area contributed by atoms with Crippen molar-refractivity contribution in [1.29, 1.82) is 0 Å². The van der Waals surface area contributed by atoms with Gasteiger partial charge in [-0.25, -0.2) is 0 Å². The van der Waals surface area contributed by atoms with Crippen molar-refractivity contribution in [2.75, 3.05) is 6.54 Å². The number of benzene rings is 1. The number of hydrogen-bond donors (Lipinski definition) is 1. The highest BCUT2D eigenvalue weighted by molar-refractivity contribution is 6.29. The van der Waals surface area contributed by atoms with Gasteiger partial charge in [0.15, 0.2) is 0 Å². The Morgan fingerprint density at radius 1 is 1.47 bits per heavy atom. The van der Waals surface area contributed by atoms with Gasteiger partial charge in [-0.05, 0) is 29.9 Å². The standard InChI is InChI=1S/C13H16ClN/c1-10(14)8-15-9-11-3-2-4-13(7-11)12-5-6-12/h2-4,7,12,15H,1,5-6,8-9H2. The zero-order valence-corrected chi connectivity index (χ0v) is 9.56. The van der Waals surface area contributed by atoms with E-state index in [1.54, 1.807) is 0 Å². The smallest absolute Gasteiger partial charge is 0.0310 e. The van der Waals surface area contributed by atoms with E-state index in [0.717, 1.165) is 12.5 Å². The lowest BCUT2D eigenvalue weighted by atomic mass is 10.1. The summed E-state index contributed by atoms with van der Waals surface area (Å²) in [6.07, 6.45) is 2.71. The molecule has 1 aromatic rings. The highest BCUT2D eigenvalue weighted by atomic mass is 35.5. The summed E-state index contributed by atoms with van der Waals surface area (Å²) >= 11 is 5.68. The molecule has 1 aromatic carbocycles. The molecule has 0 unspecified atom stereocenters. The average Bonchev–Trinajstić information content (AvgIpc) is 3.01. The Morgan fingerprint density at radius 2 is 2.27 bits per heavy atom. The van der Waals surface area contributed by atoms with Crippen LogP contribution in [0.4, 0.5) is 0 Å². The molecule has 0 saturated heterocycles. The molecule has 2 rings (SSSR count). The fourth-order valence-electron chi connectivity index (χ4n) is 1.72. The second-order valence-corrected chi connectivity index (χ2v) is 4.67. The van der Waals surface area contributed by atoms with Gasteiger partial charge >= 0.3 is 0 Å². The lowest BCUT2D eigenvalue weighted by Gasteiger charge is -2.05. The molecule has 0 atom stereocenters. The van der Waals surface area contributed by atoms with E-state index in [-0.39, 0.29) is 0 Å². The van der Waals surface area contributed by atoms with Crippen LogP contribution in [-0.2, 0) is 6.54 Å². The van der Waals surface area contributed by atoms with Gasteiger partial charge < -0.3 is 5.32 Å². The minimum atomic E-state index is 0.661. The second-order valence-electron chi connectivity index (χ2n) is 4.14. The minimum Gasteiger partial charge on any atom is -0.308 e. The molecular weight excluding hydrogens is 206 g/mol. The van der Waals surface area contributed by atoms with Gasteiger partial charge in [-0.15, -0.1) is 0 Å². The highest BCUT2D eigenvalue weighted by Crippen LogP contribution is 2.40. The van der Waals surface area contributed by atoms with Crippen molar-refractivity contribution in [2.24, 2.45) is 0 Å². The number of nitrogens with one attached hydrogen (secondary N) is 1. The molecule has 1 saturated carbocycles. The van der Waals surface area contributed by atoms with Crippen molar-refractivity contribution in [3.8, 4) is 0 Å².